The molecule has 1 saturated heterocycles. The van der Waals surface area contributed by atoms with E-state index in [0.717, 1.165) is 16.8 Å². The van der Waals surface area contributed by atoms with Crippen LogP contribution in [0.3, 0.4) is 0 Å². The molecule has 4 rings (SSSR count). The summed E-state index contributed by atoms with van der Waals surface area (Å²) in [6.07, 6.45) is -4.68. The van der Waals surface area contributed by atoms with Crippen molar-refractivity contribution in [3.05, 3.63) is 68.8 Å². The monoisotopic (exact) mass is 453 g/mol. The third-order valence-corrected chi connectivity index (χ3v) is 6.20. The Bertz CT molecular complexity index is 1170. The predicted molar refractivity (Wildman–Crippen MR) is 108 cm³/mol. The second-order valence-corrected chi connectivity index (χ2v) is 8.11. The number of benzene rings is 2. The molecule has 31 heavy (non-hydrogen) atoms. The van der Waals surface area contributed by atoms with E-state index in [1.165, 1.54) is 23.5 Å². The predicted octanol–water partition coefficient (Wildman–Crippen LogP) is 4.93. The zero-order valence-corrected chi connectivity index (χ0v) is 16.7. The zero-order chi connectivity index (χ0) is 22.3. The van der Waals surface area contributed by atoms with Crippen molar-refractivity contribution in [3.8, 4) is 0 Å². The first-order valence-electron chi connectivity index (χ1n) is 9.22. The van der Waals surface area contributed by atoms with Crippen LogP contribution in [0, 0.1) is 15.9 Å². The Morgan fingerprint density at radius 2 is 1.74 bits per heavy atom. The van der Waals surface area contributed by atoms with Crippen LogP contribution in [0.5, 0.6) is 0 Å². The molecule has 2 heterocycles. The van der Waals surface area contributed by atoms with E-state index in [4.69, 9.17) is 0 Å². The summed E-state index contributed by atoms with van der Waals surface area (Å²) < 4.78 is 52.9. The van der Waals surface area contributed by atoms with E-state index in [0.29, 0.717) is 16.3 Å². The van der Waals surface area contributed by atoms with Crippen molar-refractivity contribution < 1.29 is 27.3 Å². The second kappa shape index (κ2) is 7.80. The van der Waals surface area contributed by atoms with E-state index in [2.05, 4.69) is 0 Å². The number of halogens is 4. The molecular formula is C20H15F4N3O3S. The van der Waals surface area contributed by atoms with Gasteiger partial charge in [-0.05, 0) is 41.8 Å². The average Bonchev–Trinajstić information content (AvgIpc) is 3.15. The number of carbonyl (C=O) groups is 1. The lowest BCUT2D eigenvalue weighted by Gasteiger charge is -2.35. The van der Waals surface area contributed by atoms with Gasteiger partial charge < -0.3 is 9.80 Å². The Balaban J connectivity index is 1.50. The van der Waals surface area contributed by atoms with E-state index in [-0.39, 0.29) is 37.8 Å². The highest BCUT2D eigenvalue weighted by Gasteiger charge is 2.34. The van der Waals surface area contributed by atoms with Gasteiger partial charge in [0, 0.05) is 36.9 Å². The first kappa shape index (κ1) is 21.0. The van der Waals surface area contributed by atoms with Crippen LogP contribution >= 0.6 is 11.3 Å². The minimum Gasteiger partial charge on any atom is -0.362 e. The number of alkyl halides is 3. The minimum atomic E-state index is -4.68. The average molecular weight is 453 g/mol. The van der Waals surface area contributed by atoms with Crippen molar-refractivity contribution in [1.82, 2.24) is 4.90 Å². The van der Waals surface area contributed by atoms with Gasteiger partial charge in [0.05, 0.1) is 15.4 Å². The number of nitrogens with zero attached hydrogens (tertiary/aromatic N) is 3. The molecule has 0 bridgehead atoms. The summed E-state index contributed by atoms with van der Waals surface area (Å²) in [5.74, 6) is -0.626. The summed E-state index contributed by atoms with van der Waals surface area (Å²) in [6, 6.07) is 8.35. The lowest BCUT2D eigenvalue weighted by atomic mass is 10.1. The number of piperazine rings is 1. The van der Waals surface area contributed by atoms with Crippen LogP contribution in [0.15, 0.2) is 42.5 Å². The van der Waals surface area contributed by atoms with Gasteiger partial charge in [0.1, 0.15) is 11.5 Å². The summed E-state index contributed by atoms with van der Waals surface area (Å²) in [5, 5.41) is 12.0. The molecular weight excluding hydrogens is 438 g/mol. The summed E-state index contributed by atoms with van der Waals surface area (Å²) in [4.78, 5) is 26.9. The quantitative estimate of drug-likeness (QED) is 0.321. The van der Waals surface area contributed by atoms with Crippen molar-refractivity contribution in [1.29, 1.82) is 0 Å². The van der Waals surface area contributed by atoms with Crippen LogP contribution in [0.25, 0.3) is 10.1 Å². The largest absolute Gasteiger partial charge is 0.416 e. The Labute approximate surface area is 177 Å². The number of hydrogen-bond donors (Lipinski definition) is 0. The van der Waals surface area contributed by atoms with Gasteiger partial charge in [0.15, 0.2) is 0 Å². The van der Waals surface area contributed by atoms with E-state index in [1.807, 2.05) is 0 Å². The van der Waals surface area contributed by atoms with E-state index >= 15 is 0 Å². The van der Waals surface area contributed by atoms with Gasteiger partial charge in [-0.3, -0.25) is 14.9 Å². The molecule has 0 radical (unpaired) electrons. The molecule has 0 unspecified atom stereocenters. The Morgan fingerprint density at radius 1 is 1.03 bits per heavy atom. The van der Waals surface area contributed by atoms with Crippen LogP contribution < -0.4 is 4.90 Å². The number of amides is 1. The number of anilines is 1. The molecule has 0 N–H and O–H groups in total. The minimum absolute atomic E-state index is 0.0856. The number of rotatable bonds is 3. The van der Waals surface area contributed by atoms with Crippen molar-refractivity contribution in [2.75, 3.05) is 31.1 Å². The smallest absolute Gasteiger partial charge is 0.362 e. The molecule has 11 heteroatoms. The zero-order valence-electron chi connectivity index (χ0n) is 15.9. The maximum Gasteiger partial charge on any atom is 0.416 e. The summed E-state index contributed by atoms with van der Waals surface area (Å²) in [6.45, 7) is 0.966. The fourth-order valence-corrected chi connectivity index (χ4v) is 4.55. The van der Waals surface area contributed by atoms with Crippen LogP contribution in [0.2, 0.25) is 0 Å². The third kappa shape index (κ3) is 4.18. The van der Waals surface area contributed by atoms with Gasteiger partial charge in [-0.1, -0.05) is 0 Å². The number of nitro benzene ring substituents is 1. The van der Waals surface area contributed by atoms with Crippen LogP contribution in [-0.4, -0.2) is 41.9 Å². The first-order valence-corrected chi connectivity index (χ1v) is 10.0. The van der Waals surface area contributed by atoms with Crippen molar-refractivity contribution in [2.24, 2.45) is 0 Å². The normalized spacial score (nSPS) is 14.8. The summed E-state index contributed by atoms with van der Waals surface area (Å²) in [5.41, 5.74) is -1.62. The van der Waals surface area contributed by atoms with E-state index < -0.39 is 28.2 Å². The van der Waals surface area contributed by atoms with Crippen molar-refractivity contribution in [3.63, 3.8) is 0 Å². The Hall–Kier alpha value is -3.21. The van der Waals surface area contributed by atoms with E-state index in [9.17, 15) is 32.5 Å². The SMILES string of the molecule is O=C(c1cc2cc(F)ccc2s1)N1CCN(c2ccc(C(F)(F)F)cc2[N+](=O)[O-])CC1. The molecule has 3 aromatic rings. The third-order valence-electron chi connectivity index (χ3n) is 5.10. The highest BCUT2D eigenvalue weighted by atomic mass is 32.1. The molecule has 1 aliphatic rings. The highest BCUT2D eigenvalue weighted by Crippen LogP contribution is 2.37. The topological polar surface area (TPSA) is 66.7 Å². The summed E-state index contributed by atoms with van der Waals surface area (Å²) in [7, 11) is 0. The van der Waals surface area contributed by atoms with Crippen molar-refractivity contribution >= 4 is 38.7 Å². The van der Waals surface area contributed by atoms with Gasteiger partial charge in [-0.25, -0.2) is 4.39 Å². The van der Waals surface area contributed by atoms with Gasteiger partial charge in [0.25, 0.3) is 11.6 Å². The standard InChI is InChI=1S/C20H15F4N3O3S/c21-14-2-4-17-12(9-14)10-18(31-17)19(28)26-7-5-25(6-8-26)15-3-1-13(20(22,23)24)11-16(15)27(29)30/h1-4,9-11H,5-8H2. The fraction of sp³-hybridized carbons (Fsp3) is 0.250. The van der Waals surface area contributed by atoms with Crippen LogP contribution in [0.4, 0.5) is 28.9 Å². The molecule has 1 aliphatic heterocycles. The molecule has 0 atom stereocenters. The van der Waals surface area contributed by atoms with Gasteiger partial charge in [0.2, 0.25) is 0 Å². The van der Waals surface area contributed by atoms with Crippen molar-refractivity contribution in [2.45, 2.75) is 6.18 Å². The number of thiophene rings is 1. The molecule has 1 aromatic heterocycles. The maximum atomic E-state index is 13.4. The molecule has 1 fully saturated rings. The summed E-state index contributed by atoms with van der Waals surface area (Å²) >= 11 is 1.25. The molecule has 162 valence electrons. The Kier molecular flexibility index (Phi) is 5.29. The van der Waals surface area contributed by atoms with Gasteiger partial charge in [-0.2, -0.15) is 13.2 Å². The fourth-order valence-electron chi connectivity index (χ4n) is 3.54. The van der Waals surface area contributed by atoms with E-state index in [1.54, 1.807) is 21.9 Å². The molecule has 1 amide bonds. The van der Waals surface area contributed by atoms with Crippen LogP contribution in [-0.2, 0) is 6.18 Å². The Morgan fingerprint density at radius 3 is 2.39 bits per heavy atom. The number of hydrogen-bond acceptors (Lipinski definition) is 5. The van der Waals surface area contributed by atoms with Gasteiger partial charge >= 0.3 is 6.18 Å². The number of fused-ring (bicyclic) bond motifs is 1. The van der Waals surface area contributed by atoms with Gasteiger partial charge in [-0.15, -0.1) is 11.3 Å². The molecule has 0 spiro atoms. The molecule has 0 aliphatic carbocycles. The molecule has 2 aromatic carbocycles. The molecule has 6 nitrogen and oxygen atoms in total. The van der Waals surface area contributed by atoms with Crippen LogP contribution in [0.1, 0.15) is 15.2 Å². The number of nitro groups is 1. The second-order valence-electron chi connectivity index (χ2n) is 7.03. The highest BCUT2D eigenvalue weighted by molar-refractivity contribution is 7.20. The first-order chi connectivity index (χ1) is 14.6. The number of carbonyl (C=O) groups excluding carboxylic acids is 1. The lowest BCUT2D eigenvalue weighted by Crippen LogP contribution is -2.48. The maximum absolute atomic E-state index is 13.4. The lowest BCUT2D eigenvalue weighted by molar-refractivity contribution is -0.384. The molecule has 0 saturated carbocycles.